The molecule has 6 heteroatoms. The molecule has 0 heterocycles. The van der Waals surface area contributed by atoms with Crippen molar-refractivity contribution in [1.82, 2.24) is 4.72 Å². The van der Waals surface area contributed by atoms with Gasteiger partial charge in [0, 0.05) is 19.8 Å². The number of sulfonamides is 1. The second-order valence-corrected chi connectivity index (χ2v) is 6.08. The average molecular weight is 301 g/mol. The Kier molecular flexibility index (Phi) is 6.98. The van der Waals surface area contributed by atoms with E-state index in [2.05, 4.69) is 4.72 Å². The van der Waals surface area contributed by atoms with Gasteiger partial charge in [-0.2, -0.15) is 0 Å². The van der Waals surface area contributed by atoms with Crippen molar-refractivity contribution in [3.63, 3.8) is 0 Å². The highest BCUT2D eigenvalue weighted by Crippen LogP contribution is 2.21. The van der Waals surface area contributed by atoms with Gasteiger partial charge in [-0.05, 0) is 51.0 Å². The Morgan fingerprint density at radius 2 is 1.95 bits per heavy atom. The molecule has 0 saturated heterocycles. The van der Waals surface area contributed by atoms with Crippen molar-refractivity contribution in [2.24, 2.45) is 0 Å². The molecule has 114 valence electrons. The van der Waals surface area contributed by atoms with E-state index in [9.17, 15) is 8.42 Å². The van der Waals surface area contributed by atoms with Crippen LogP contribution in [0.15, 0.2) is 23.1 Å². The number of ether oxygens (including phenoxy) is 2. The number of hydrogen-bond acceptors (Lipinski definition) is 4. The zero-order chi connectivity index (χ0) is 15.0. The summed E-state index contributed by atoms with van der Waals surface area (Å²) >= 11 is 0. The molecule has 1 N–H and O–H groups in total. The molecule has 1 aromatic carbocycles. The quantitative estimate of drug-likeness (QED) is 0.709. The lowest BCUT2D eigenvalue weighted by Crippen LogP contribution is -2.25. The van der Waals surface area contributed by atoms with Crippen LogP contribution in [-0.4, -0.2) is 34.8 Å². The summed E-state index contributed by atoms with van der Waals surface area (Å²) in [6.45, 7) is 7.76. The molecule has 0 atom stereocenters. The van der Waals surface area contributed by atoms with Crippen molar-refractivity contribution in [3.05, 3.63) is 23.8 Å². The zero-order valence-corrected chi connectivity index (χ0v) is 13.1. The van der Waals surface area contributed by atoms with Crippen molar-refractivity contribution < 1.29 is 17.9 Å². The maximum atomic E-state index is 12.1. The first kappa shape index (κ1) is 16.9. The highest BCUT2D eigenvalue weighted by atomic mass is 32.2. The minimum Gasteiger partial charge on any atom is -0.494 e. The zero-order valence-electron chi connectivity index (χ0n) is 12.3. The van der Waals surface area contributed by atoms with Gasteiger partial charge in [0.1, 0.15) is 5.75 Å². The number of aryl methyl sites for hydroxylation is 1. The molecule has 0 aromatic heterocycles. The number of benzene rings is 1. The Morgan fingerprint density at radius 3 is 2.55 bits per heavy atom. The summed E-state index contributed by atoms with van der Waals surface area (Å²) < 4.78 is 37.3. The molecule has 0 fully saturated rings. The van der Waals surface area contributed by atoms with Gasteiger partial charge in [-0.3, -0.25) is 0 Å². The van der Waals surface area contributed by atoms with E-state index < -0.39 is 10.0 Å². The Balaban J connectivity index is 2.65. The van der Waals surface area contributed by atoms with Crippen LogP contribution < -0.4 is 9.46 Å². The fourth-order valence-corrected chi connectivity index (χ4v) is 2.87. The number of rotatable bonds is 9. The minimum absolute atomic E-state index is 0.259. The molecule has 0 bridgehead atoms. The molecule has 0 radical (unpaired) electrons. The van der Waals surface area contributed by atoms with Crippen LogP contribution in [-0.2, 0) is 14.8 Å². The standard InChI is InChI=1S/C14H23NO4S/c1-4-18-10-6-9-15-20(16,17)13-7-8-14(19-5-2)12(3)11-13/h7-8,11,15H,4-6,9-10H2,1-3H3. The smallest absolute Gasteiger partial charge is 0.240 e. The van der Waals surface area contributed by atoms with Crippen LogP contribution >= 0.6 is 0 Å². The molecule has 0 unspecified atom stereocenters. The maximum Gasteiger partial charge on any atom is 0.240 e. The molecule has 0 amide bonds. The van der Waals surface area contributed by atoms with Crippen molar-refractivity contribution in [1.29, 1.82) is 0 Å². The van der Waals surface area contributed by atoms with Gasteiger partial charge in [-0.15, -0.1) is 0 Å². The molecule has 0 aliphatic heterocycles. The third-order valence-corrected chi connectivity index (χ3v) is 4.18. The van der Waals surface area contributed by atoms with Crippen molar-refractivity contribution >= 4 is 10.0 Å². The second kappa shape index (κ2) is 8.24. The lowest BCUT2D eigenvalue weighted by Gasteiger charge is -2.10. The molecular formula is C14H23NO4S. The summed E-state index contributed by atoms with van der Waals surface area (Å²) in [5, 5.41) is 0. The van der Waals surface area contributed by atoms with Crippen LogP contribution in [0.25, 0.3) is 0 Å². The third-order valence-electron chi connectivity index (χ3n) is 2.72. The first-order valence-corrected chi connectivity index (χ1v) is 8.30. The third kappa shape index (κ3) is 5.11. The van der Waals surface area contributed by atoms with E-state index in [1.165, 1.54) is 0 Å². The summed E-state index contributed by atoms with van der Waals surface area (Å²) in [6.07, 6.45) is 0.656. The summed E-state index contributed by atoms with van der Waals surface area (Å²) in [4.78, 5) is 0.259. The molecular weight excluding hydrogens is 278 g/mol. The van der Waals surface area contributed by atoms with Gasteiger partial charge in [0.15, 0.2) is 0 Å². The van der Waals surface area contributed by atoms with Gasteiger partial charge in [0.05, 0.1) is 11.5 Å². The molecule has 0 aliphatic rings. The molecule has 5 nitrogen and oxygen atoms in total. The van der Waals surface area contributed by atoms with E-state index >= 15 is 0 Å². The first-order valence-electron chi connectivity index (χ1n) is 6.82. The Bertz CT molecular complexity index is 514. The fraction of sp³-hybridized carbons (Fsp3) is 0.571. The van der Waals surface area contributed by atoms with Crippen LogP contribution in [0.5, 0.6) is 5.75 Å². The van der Waals surface area contributed by atoms with Crippen molar-refractivity contribution in [2.75, 3.05) is 26.4 Å². The summed E-state index contributed by atoms with van der Waals surface area (Å²) in [7, 11) is -3.46. The molecule has 0 saturated carbocycles. The van der Waals surface area contributed by atoms with Crippen LogP contribution in [0.4, 0.5) is 0 Å². The molecule has 20 heavy (non-hydrogen) atoms. The summed E-state index contributed by atoms with van der Waals surface area (Å²) in [5.74, 6) is 0.711. The summed E-state index contributed by atoms with van der Waals surface area (Å²) in [6, 6.07) is 4.87. The summed E-state index contributed by atoms with van der Waals surface area (Å²) in [5.41, 5.74) is 0.809. The van der Waals surface area contributed by atoms with Gasteiger partial charge in [0.2, 0.25) is 10.0 Å². The van der Waals surface area contributed by atoms with Crippen LogP contribution in [0.2, 0.25) is 0 Å². The van der Waals surface area contributed by atoms with Gasteiger partial charge >= 0.3 is 0 Å². The predicted molar refractivity (Wildman–Crippen MR) is 78.6 cm³/mol. The largest absolute Gasteiger partial charge is 0.494 e. The highest BCUT2D eigenvalue weighted by molar-refractivity contribution is 7.89. The van der Waals surface area contributed by atoms with Gasteiger partial charge in [-0.25, -0.2) is 13.1 Å². The monoisotopic (exact) mass is 301 g/mol. The van der Waals surface area contributed by atoms with Gasteiger partial charge < -0.3 is 9.47 Å². The maximum absolute atomic E-state index is 12.1. The minimum atomic E-state index is -3.46. The van der Waals surface area contributed by atoms with Crippen LogP contribution in [0.1, 0.15) is 25.8 Å². The molecule has 1 aromatic rings. The highest BCUT2D eigenvalue weighted by Gasteiger charge is 2.14. The Labute approximate surface area is 121 Å². The number of nitrogens with one attached hydrogen (secondary N) is 1. The van der Waals surface area contributed by atoms with E-state index in [1.54, 1.807) is 18.2 Å². The van der Waals surface area contributed by atoms with Crippen LogP contribution in [0, 0.1) is 6.92 Å². The fourth-order valence-electron chi connectivity index (χ4n) is 1.71. The average Bonchev–Trinajstić information content (AvgIpc) is 2.41. The van der Waals surface area contributed by atoms with Crippen LogP contribution in [0.3, 0.4) is 0 Å². The second-order valence-electron chi connectivity index (χ2n) is 4.31. The number of hydrogen-bond donors (Lipinski definition) is 1. The van der Waals surface area contributed by atoms with E-state index in [0.717, 1.165) is 5.56 Å². The predicted octanol–water partition coefficient (Wildman–Crippen LogP) is 2.10. The first-order chi connectivity index (χ1) is 9.51. The van der Waals surface area contributed by atoms with Crippen molar-refractivity contribution in [3.8, 4) is 5.75 Å². The topological polar surface area (TPSA) is 64.6 Å². The SMILES string of the molecule is CCOCCCNS(=O)(=O)c1ccc(OCC)c(C)c1. The van der Waals surface area contributed by atoms with Crippen molar-refractivity contribution in [2.45, 2.75) is 32.1 Å². The molecule has 1 rings (SSSR count). The normalized spacial score (nSPS) is 11.6. The Morgan fingerprint density at radius 1 is 1.20 bits per heavy atom. The van der Waals surface area contributed by atoms with E-state index in [-0.39, 0.29) is 4.90 Å². The van der Waals surface area contributed by atoms with E-state index in [4.69, 9.17) is 9.47 Å². The molecule has 0 spiro atoms. The van der Waals surface area contributed by atoms with E-state index in [0.29, 0.717) is 38.5 Å². The van der Waals surface area contributed by atoms with Gasteiger partial charge in [-0.1, -0.05) is 0 Å². The van der Waals surface area contributed by atoms with E-state index in [1.807, 2.05) is 20.8 Å². The lowest BCUT2D eigenvalue weighted by atomic mass is 10.2. The lowest BCUT2D eigenvalue weighted by molar-refractivity contribution is 0.146. The Hall–Kier alpha value is -1.11. The molecule has 0 aliphatic carbocycles. The van der Waals surface area contributed by atoms with Gasteiger partial charge in [0.25, 0.3) is 0 Å².